The van der Waals surface area contributed by atoms with Crippen LogP contribution in [-0.2, 0) is 14.6 Å². The second kappa shape index (κ2) is 3.58. The van der Waals surface area contributed by atoms with Crippen LogP contribution in [0.2, 0.25) is 0 Å². The fraction of sp³-hybridized carbons (Fsp3) is 1.00. The highest BCUT2D eigenvalue weighted by Gasteiger charge is 2.33. The number of hydrogen-bond acceptors (Lipinski definition) is 3. The van der Waals surface area contributed by atoms with E-state index < -0.39 is 9.84 Å². The van der Waals surface area contributed by atoms with Gasteiger partial charge in [0.25, 0.3) is 0 Å². The van der Waals surface area contributed by atoms with Gasteiger partial charge in [-0.1, -0.05) is 12.8 Å². The molecule has 0 radical (unpaired) electrons. The first-order chi connectivity index (χ1) is 6.18. The fourth-order valence-electron chi connectivity index (χ4n) is 2.09. The molecule has 0 aromatic heterocycles. The smallest absolute Gasteiger partial charge is 0.153 e. The largest absolute Gasteiger partial charge is 0.381 e. The van der Waals surface area contributed by atoms with Crippen LogP contribution >= 0.6 is 0 Å². The first-order valence-electron chi connectivity index (χ1n) is 4.98. The minimum Gasteiger partial charge on any atom is -0.381 e. The molecule has 2 fully saturated rings. The van der Waals surface area contributed by atoms with Gasteiger partial charge in [-0.25, -0.2) is 8.42 Å². The number of ether oxygens (including phenoxy) is 1. The average molecular weight is 204 g/mol. The number of rotatable bonds is 3. The van der Waals surface area contributed by atoms with Gasteiger partial charge in [0, 0.05) is 5.92 Å². The average Bonchev–Trinajstić information content (AvgIpc) is 2.49. The molecule has 2 rings (SSSR count). The van der Waals surface area contributed by atoms with E-state index in [-0.39, 0.29) is 11.2 Å². The lowest BCUT2D eigenvalue weighted by molar-refractivity contribution is -0.0205. The van der Waals surface area contributed by atoms with Crippen LogP contribution < -0.4 is 0 Å². The normalized spacial score (nSPS) is 26.2. The molecule has 0 N–H and O–H groups in total. The Morgan fingerprint density at radius 3 is 2.23 bits per heavy atom. The van der Waals surface area contributed by atoms with Crippen LogP contribution in [0.4, 0.5) is 0 Å². The highest BCUT2D eigenvalue weighted by Crippen LogP contribution is 2.27. The van der Waals surface area contributed by atoms with Crippen molar-refractivity contribution < 1.29 is 13.2 Å². The zero-order valence-electron chi connectivity index (χ0n) is 7.74. The molecule has 0 atom stereocenters. The van der Waals surface area contributed by atoms with Crippen LogP contribution in [0.5, 0.6) is 0 Å². The van der Waals surface area contributed by atoms with Crippen molar-refractivity contribution in [2.45, 2.75) is 30.9 Å². The summed E-state index contributed by atoms with van der Waals surface area (Å²) in [6, 6.07) is 0. The zero-order valence-corrected chi connectivity index (χ0v) is 8.55. The van der Waals surface area contributed by atoms with Crippen molar-refractivity contribution in [3.63, 3.8) is 0 Å². The highest BCUT2D eigenvalue weighted by molar-refractivity contribution is 7.92. The van der Waals surface area contributed by atoms with Gasteiger partial charge in [-0.2, -0.15) is 0 Å². The molecule has 0 spiro atoms. The number of sulfone groups is 1. The van der Waals surface area contributed by atoms with Gasteiger partial charge in [-0.15, -0.1) is 0 Å². The summed E-state index contributed by atoms with van der Waals surface area (Å²) in [6.07, 6.45) is 3.95. The lowest BCUT2D eigenvalue weighted by Gasteiger charge is -2.26. The molecule has 0 aromatic carbocycles. The molecule has 3 nitrogen and oxygen atoms in total. The third-order valence-electron chi connectivity index (χ3n) is 2.99. The standard InChI is InChI=1S/C9H16O3S/c10-13(11,7-8-5-12-6-8)9-3-1-2-4-9/h8-9H,1-7H2. The minimum absolute atomic E-state index is 0.0342. The summed E-state index contributed by atoms with van der Waals surface area (Å²) in [5.74, 6) is 0.642. The van der Waals surface area contributed by atoms with E-state index in [0.717, 1.165) is 25.7 Å². The van der Waals surface area contributed by atoms with Gasteiger partial charge in [-0.05, 0) is 12.8 Å². The van der Waals surface area contributed by atoms with E-state index in [1.807, 2.05) is 0 Å². The van der Waals surface area contributed by atoms with Crippen molar-refractivity contribution in [1.82, 2.24) is 0 Å². The predicted octanol–water partition coefficient (Wildman–Crippen LogP) is 0.990. The van der Waals surface area contributed by atoms with Gasteiger partial charge >= 0.3 is 0 Å². The summed E-state index contributed by atoms with van der Waals surface area (Å²) in [5, 5.41) is -0.0342. The summed E-state index contributed by atoms with van der Waals surface area (Å²) >= 11 is 0. The molecule has 76 valence electrons. The Balaban J connectivity index is 1.93. The molecule has 0 amide bonds. The predicted molar refractivity (Wildman–Crippen MR) is 50.4 cm³/mol. The van der Waals surface area contributed by atoms with Crippen molar-refractivity contribution >= 4 is 9.84 Å². The van der Waals surface area contributed by atoms with E-state index in [0.29, 0.717) is 19.0 Å². The van der Waals surface area contributed by atoms with E-state index in [2.05, 4.69) is 0 Å². The van der Waals surface area contributed by atoms with Gasteiger partial charge in [0.2, 0.25) is 0 Å². The van der Waals surface area contributed by atoms with Crippen LogP contribution in [0.25, 0.3) is 0 Å². The van der Waals surface area contributed by atoms with Gasteiger partial charge < -0.3 is 4.74 Å². The second-order valence-corrected chi connectivity index (χ2v) is 6.47. The lowest BCUT2D eigenvalue weighted by Crippen LogP contribution is -2.36. The van der Waals surface area contributed by atoms with Gasteiger partial charge in [0.1, 0.15) is 0 Å². The summed E-state index contributed by atoms with van der Waals surface area (Å²) in [4.78, 5) is 0. The molecule has 1 aliphatic carbocycles. The topological polar surface area (TPSA) is 43.4 Å². The maximum absolute atomic E-state index is 11.8. The summed E-state index contributed by atoms with van der Waals surface area (Å²) < 4.78 is 28.5. The summed E-state index contributed by atoms with van der Waals surface area (Å²) in [7, 11) is -2.80. The van der Waals surface area contributed by atoms with Crippen molar-refractivity contribution in [2.75, 3.05) is 19.0 Å². The molecular formula is C9H16O3S. The van der Waals surface area contributed by atoms with Crippen molar-refractivity contribution in [3.05, 3.63) is 0 Å². The van der Waals surface area contributed by atoms with Gasteiger partial charge in [0.05, 0.1) is 24.2 Å². The summed E-state index contributed by atoms with van der Waals surface area (Å²) in [6.45, 7) is 1.29. The maximum Gasteiger partial charge on any atom is 0.153 e. The third kappa shape index (κ3) is 2.05. The number of hydrogen-bond donors (Lipinski definition) is 0. The van der Waals surface area contributed by atoms with Crippen LogP contribution in [0, 0.1) is 5.92 Å². The molecule has 1 aliphatic heterocycles. The van der Waals surface area contributed by atoms with E-state index in [4.69, 9.17) is 4.74 Å². The Bertz CT molecular complexity index is 261. The monoisotopic (exact) mass is 204 g/mol. The molecule has 2 aliphatic rings. The Labute approximate surface area is 79.4 Å². The molecule has 0 unspecified atom stereocenters. The van der Waals surface area contributed by atoms with E-state index >= 15 is 0 Å². The Morgan fingerprint density at radius 1 is 1.15 bits per heavy atom. The van der Waals surface area contributed by atoms with E-state index in [1.54, 1.807) is 0 Å². The van der Waals surface area contributed by atoms with Crippen LogP contribution in [0.15, 0.2) is 0 Å². The zero-order chi connectivity index (χ0) is 9.31. The first-order valence-corrected chi connectivity index (χ1v) is 6.69. The molecule has 0 bridgehead atoms. The van der Waals surface area contributed by atoms with Crippen LogP contribution in [0.1, 0.15) is 25.7 Å². The lowest BCUT2D eigenvalue weighted by atomic mass is 10.1. The Hall–Kier alpha value is -0.0900. The Kier molecular flexibility index (Phi) is 2.60. The molecule has 1 saturated carbocycles. The minimum atomic E-state index is -2.80. The molecule has 4 heteroatoms. The highest BCUT2D eigenvalue weighted by atomic mass is 32.2. The van der Waals surface area contributed by atoms with Gasteiger partial charge in [0.15, 0.2) is 9.84 Å². The molecule has 1 heterocycles. The molecular weight excluding hydrogens is 188 g/mol. The first kappa shape index (κ1) is 9.46. The second-order valence-electron chi connectivity index (χ2n) is 4.14. The Morgan fingerprint density at radius 2 is 1.77 bits per heavy atom. The summed E-state index contributed by atoms with van der Waals surface area (Å²) in [5.41, 5.74) is 0. The third-order valence-corrected chi connectivity index (χ3v) is 5.41. The molecule has 1 saturated heterocycles. The quantitative estimate of drug-likeness (QED) is 0.688. The molecule has 0 aromatic rings. The SMILES string of the molecule is O=S(=O)(CC1COC1)C1CCCC1. The van der Waals surface area contributed by atoms with Gasteiger partial charge in [-0.3, -0.25) is 0 Å². The maximum atomic E-state index is 11.8. The van der Waals surface area contributed by atoms with E-state index in [1.165, 1.54) is 0 Å². The van der Waals surface area contributed by atoms with Crippen molar-refractivity contribution in [1.29, 1.82) is 0 Å². The molecule has 13 heavy (non-hydrogen) atoms. The van der Waals surface area contributed by atoms with Crippen LogP contribution in [0.3, 0.4) is 0 Å². The van der Waals surface area contributed by atoms with E-state index in [9.17, 15) is 8.42 Å². The van der Waals surface area contributed by atoms with Crippen molar-refractivity contribution in [3.8, 4) is 0 Å². The van der Waals surface area contributed by atoms with Crippen LogP contribution in [-0.4, -0.2) is 32.6 Å². The van der Waals surface area contributed by atoms with Crippen molar-refractivity contribution in [2.24, 2.45) is 5.92 Å². The fourth-order valence-corrected chi connectivity index (χ4v) is 4.27.